The average molecular weight is 277 g/mol. The van der Waals surface area contributed by atoms with Crippen LogP contribution in [0.15, 0.2) is 35.7 Å². The lowest BCUT2D eigenvalue weighted by Gasteiger charge is -2.21. The molecule has 0 spiro atoms. The maximum Gasteiger partial charge on any atom is 0.191 e. The highest BCUT2D eigenvalue weighted by Crippen LogP contribution is 2.25. The van der Waals surface area contributed by atoms with E-state index in [1.165, 1.54) is 5.56 Å². The van der Waals surface area contributed by atoms with Crippen molar-refractivity contribution in [1.29, 1.82) is 0 Å². The SMILES string of the molecule is CC(C)(C)n1cnnc1SCc1ccc(CO)cc1. The molecule has 0 radical (unpaired) electrons. The molecule has 0 saturated carbocycles. The Kier molecular flexibility index (Phi) is 4.27. The molecule has 0 atom stereocenters. The van der Waals surface area contributed by atoms with Crippen LogP contribution in [0.5, 0.6) is 0 Å². The zero-order valence-electron chi connectivity index (χ0n) is 11.5. The van der Waals surface area contributed by atoms with Crippen molar-refractivity contribution in [1.82, 2.24) is 14.8 Å². The summed E-state index contributed by atoms with van der Waals surface area (Å²) < 4.78 is 2.08. The van der Waals surface area contributed by atoms with E-state index in [2.05, 4.69) is 35.5 Å². The van der Waals surface area contributed by atoms with Gasteiger partial charge in [-0.05, 0) is 31.9 Å². The number of thioether (sulfide) groups is 1. The van der Waals surface area contributed by atoms with Gasteiger partial charge in [-0.3, -0.25) is 0 Å². The van der Waals surface area contributed by atoms with Crippen molar-refractivity contribution < 1.29 is 5.11 Å². The van der Waals surface area contributed by atoms with Crippen LogP contribution in [0.25, 0.3) is 0 Å². The first-order valence-corrected chi connectivity index (χ1v) is 7.21. The fourth-order valence-electron chi connectivity index (χ4n) is 1.67. The predicted octanol–water partition coefficient (Wildman–Crippen LogP) is 2.82. The molecule has 0 amide bonds. The van der Waals surface area contributed by atoms with E-state index in [1.54, 1.807) is 18.1 Å². The maximum absolute atomic E-state index is 9.01. The third kappa shape index (κ3) is 3.58. The van der Waals surface area contributed by atoms with E-state index in [0.29, 0.717) is 0 Å². The van der Waals surface area contributed by atoms with Crippen LogP contribution in [-0.2, 0) is 17.9 Å². The monoisotopic (exact) mass is 277 g/mol. The van der Waals surface area contributed by atoms with Crippen LogP contribution >= 0.6 is 11.8 Å². The van der Waals surface area contributed by atoms with Gasteiger partial charge in [-0.15, -0.1) is 10.2 Å². The summed E-state index contributed by atoms with van der Waals surface area (Å²) >= 11 is 1.67. The van der Waals surface area contributed by atoms with Crippen LogP contribution in [0.2, 0.25) is 0 Å². The smallest absolute Gasteiger partial charge is 0.191 e. The molecule has 1 heterocycles. The average Bonchev–Trinajstić information content (AvgIpc) is 2.85. The van der Waals surface area contributed by atoms with Crippen LogP contribution in [0, 0.1) is 0 Å². The number of aliphatic hydroxyl groups is 1. The Balaban J connectivity index is 2.04. The third-order valence-corrected chi connectivity index (χ3v) is 3.83. The Bertz CT molecular complexity index is 528. The molecule has 1 N–H and O–H groups in total. The number of rotatable bonds is 4. The van der Waals surface area contributed by atoms with Crippen LogP contribution in [0.1, 0.15) is 31.9 Å². The second kappa shape index (κ2) is 5.75. The van der Waals surface area contributed by atoms with Crippen LogP contribution in [0.3, 0.4) is 0 Å². The van der Waals surface area contributed by atoms with Crippen molar-refractivity contribution in [2.24, 2.45) is 0 Å². The van der Waals surface area contributed by atoms with E-state index in [4.69, 9.17) is 5.11 Å². The molecule has 0 aliphatic carbocycles. The zero-order valence-corrected chi connectivity index (χ0v) is 12.3. The summed E-state index contributed by atoms with van der Waals surface area (Å²) in [5.74, 6) is 0.848. The van der Waals surface area contributed by atoms with Gasteiger partial charge in [0.2, 0.25) is 0 Å². The zero-order chi connectivity index (χ0) is 13.9. The molecule has 4 nitrogen and oxygen atoms in total. The lowest BCUT2D eigenvalue weighted by atomic mass is 10.1. The van der Waals surface area contributed by atoms with Gasteiger partial charge >= 0.3 is 0 Å². The molecule has 102 valence electrons. The van der Waals surface area contributed by atoms with E-state index >= 15 is 0 Å². The molecule has 1 aromatic heterocycles. The molecule has 0 unspecified atom stereocenters. The molecule has 2 aromatic rings. The summed E-state index contributed by atoms with van der Waals surface area (Å²) in [5, 5.41) is 18.1. The molecular formula is C14H19N3OS. The highest BCUT2D eigenvalue weighted by atomic mass is 32.2. The second-order valence-corrected chi connectivity index (χ2v) is 6.36. The minimum atomic E-state index is -0.00736. The quantitative estimate of drug-likeness (QED) is 0.873. The molecule has 5 heteroatoms. The van der Waals surface area contributed by atoms with Gasteiger partial charge in [-0.25, -0.2) is 0 Å². The van der Waals surface area contributed by atoms with Gasteiger partial charge in [0.25, 0.3) is 0 Å². The fourth-order valence-corrected chi connectivity index (χ4v) is 2.72. The third-order valence-electron chi connectivity index (χ3n) is 2.81. The highest BCUT2D eigenvalue weighted by Gasteiger charge is 2.17. The lowest BCUT2D eigenvalue weighted by Crippen LogP contribution is -2.21. The van der Waals surface area contributed by atoms with E-state index < -0.39 is 0 Å². The Morgan fingerprint density at radius 2 is 1.79 bits per heavy atom. The summed E-state index contributed by atoms with van der Waals surface area (Å²) in [6, 6.07) is 7.97. The Morgan fingerprint density at radius 3 is 2.37 bits per heavy atom. The van der Waals surface area contributed by atoms with Crippen molar-refractivity contribution in [2.45, 2.75) is 43.8 Å². The van der Waals surface area contributed by atoms with Crippen molar-refractivity contribution in [3.8, 4) is 0 Å². The Labute approximate surface area is 117 Å². The van der Waals surface area contributed by atoms with Gasteiger partial charge in [0.1, 0.15) is 6.33 Å². The number of hydrogen-bond donors (Lipinski definition) is 1. The highest BCUT2D eigenvalue weighted by molar-refractivity contribution is 7.98. The summed E-state index contributed by atoms with van der Waals surface area (Å²) in [7, 11) is 0. The van der Waals surface area contributed by atoms with E-state index in [0.717, 1.165) is 16.5 Å². The van der Waals surface area contributed by atoms with Crippen LogP contribution in [0.4, 0.5) is 0 Å². The predicted molar refractivity (Wildman–Crippen MR) is 76.9 cm³/mol. The number of aliphatic hydroxyl groups excluding tert-OH is 1. The topological polar surface area (TPSA) is 50.9 Å². The Morgan fingerprint density at radius 1 is 1.16 bits per heavy atom. The minimum Gasteiger partial charge on any atom is -0.392 e. The van der Waals surface area contributed by atoms with Crippen molar-refractivity contribution >= 4 is 11.8 Å². The van der Waals surface area contributed by atoms with Gasteiger partial charge in [-0.1, -0.05) is 36.0 Å². The molecule has 0 saturated heterocycles. The normalized spacial score (nSPS) is 11.8. The molecule has 0 fully saturated rings. The Hall–Kier alpha value is -1.33. The molecule has 19 heavy (non-hydrogen) atoms. The molecule has 0 aliphatic heterocycles. The molecule has 2 rings (SSSR count). The number of nitrogens with zero attached hydrogens (tertiary/aromatic N) is 3. The second-order valence-electron chi connectivity index (χ2n) is 5.42. The van der Waals surface area contributed by atoms with Crippen molar-refractivity contribution in [2.75, 3.05) is 0 Å². The largest absolute Gasteiger partial charge is 0.392 e. The number of benzene rings is 1. The van der Waals surface area contributed by atoms with Crippen LogP contribution in [-0.4, -0.2) is 19.9 Å². The van der Waals surface area contributed by atoms with Crippen LogP contribution < -0.4 is 0 Å². The summed E-state index contributed by atoms with van der Waals surface area (Å²) in [6.45, 7) is 6.50. The van der Waals surface area contributed by atoms with Gasteiger partial charge in [0.15, 0.2) is 5.16 Å². The lowest BCUT2D eigenvalue weighted by molar-refractivity contribution is 0.282. The maximum atomic E-state index is 9.01. The van der Waals surface area contributed by atoms with Gasteiger partial charge in [0.05, 0.1) is 6.61 Å². The summed E-state index contributed by atoms with van der Waals surface area (Å²) in [5.41, 5.74) is 2.14. The van der Waals surface area contributed by atoms with Gasteiger partial charge in [0, 0.05) is 11.3 Å². The fraction of sp³-hybridized carbons (Fsp3) is 0.429. The molecule has 1 aromatic carbocycles. The van der Waals surface area contributed by atoms with E-state index in [9.17, 15) is 0 Å². The number of aromatic nitrogens is 3. The minimum absolute atomic E-state index is 0.00736. The van der Waals surface area contributed by atoms with Gasteiger partial charge in [-0.2, -0.15) is 0 Å². The summed E-state index contributed by atoms with van der Waals surface area (Å²) in [6.07, 6.45) is 1.77. The summed E-state index contributed by atoms with van der Waals surface area (Å²) in [4.78, 5) is 0. The first-order valence-electron chi connectivity index (χ1n) is 6.22. The molecule has 0 bridgehead atoms. The van der Waals surface area contributed by atoms with Crippen molar-refractivity contribution in [3.63, 3.8) is 0 Å². The number of hydrogen-bond acceptors (Lipinski definition) is 4. The van der Waals surface area contributed by atoms with Crippen molar-refractivity contribution in [3.05, 3.63) is 41.7 Å². The van der Waals surface area contributed by atoms with E-state index in [-0.39, 0.29) is 12.1 Å². The molecular weight excluding hydrogens is 258 g/mol. The first kappa shape index (κ1) is 14.1. The standard InChI is InChI=1S/C14H19N3OS/c1-14(2,3)17-10-15-16-13(17)19-9-12-6-4-11(8-18)5-7-12/h4-7,10,18H,8-9H2,1-3H3. The molecule has 0 aliphatic rings. The first-order chi connectivity index (χ1) is 9.00. The van der Waals surface area contributed by atoms with Gasteiger partial charge < -0.3 is 9.67 Å². The van der Waals surface area contributed by atoms with E-state index in [1.807, 2.05) is 24.3 Å².